The second kappa shape index (κ2) is 5.36. The fourth-order valence-electron chi connectivity index (χ4n) is 2.18. The summed E-state index contributed by atoms with van der Waals surface area (Å²) in [7, 11) is 0. The number of benzene rings is 2. The maximum absolute atomic E-state index is 12.9. The molecule has 0 fully saturated rings. The topological polar surface area (TPSA) is 62.5 Å². The number of halogens is 1. The van der Waals surface area contributed by atoms with Crippen LogP contribution in [-0.2, 0) is 0 Å². The standard InChI is InChI=1S/C16H11FN4OS/c17-11-3-5-12(6-4-11)18-15-20-21-9-14(19-16(21)23-15)10-1-7-13(22)8-2-10/h1-9,22H,(H,18,20). The van der Waals surface area contributed by atoms with Crippen LogP contribution in [0.15, 0.2) is 54.7 Å². The van der Waals surface area contributed by atoms with Gasteiger partial charge in [-0.05, 0) is 48.5 Å². The van der Waals surface area contributed by atoms with Crippen molar-refractivity contribution >= 4 is 27.1 Å². The zero-order valence-electron chi connectivity index (χ0n) is 11.8. The number of nitrogens with zero attached hydrogens (tertiary/aromatic N) is 3. The van der Waals surface area contributed by atoms with Gasteiger partial charge in [-0.3, -0.25) is 0 Å². The van der Waals surface area contributed by atoms with Gasteiger partial charge in [-0.15, -0.1) is 5.10 Å². The lowest BCUT2D eigenvalue weighted by Crippen LogP contribution is -1.91. The van der Waals surface area contributed by atoms with Crippen LogP contribution in [-0.4, -0.2) is 19.7 Å². The second-order valence-electron chi connectivity index (χ2n) is 4.94. The minimum Gasteiger partial charge on any atom is -0.508 e. The average molecular weight is 326 g/mol. The highest BCUT2D eigenvalue weighted by molar-refractivity contribution is 7.20. The molecule has 4 rings (SSSR count). The lowest BCUT2D eigenvalue weighted by Gasteiger charge is -2.00. The number of aromatic nitrogens is 3. The van der Waals surface area contributed by atoms with E-state index >= 15 is 0 Å². The summed E-state index contributed by atoms with van der Waals surface area (Å²) >= 11 is 1.40. The van der Waals surface area contributed by atoms with Crippen molar-refractivity contribution in [1.82, 2.24) is 14.6 Å². The zero-order valence-corrected chi connectivity index (χ0v) is 12.6. The number of hydrogen-bond acceptors (Lipinski definition) is 5. The average Bonchev–Trinajstić information content (AvgIpc) is 3.09. The van der Waals surface area contributed by atoms with Crippen molar-refractivity contribution in [2.75, 3.05) is 5.32 Å². The molecule has 0 saturated carbocycles. The van der Waals surface area contributed by atoms with E-state index in [1.807, 2.05) is 6.20 Å². The van der Waals surface area contributed by atoms with Crippen molar-refractivity contribution in [1.29, 1.82) is 0 Å². The van der Waals surface area contributed by atoms with Gasteiger partial charge in [0.15, 0.2) is 0 Å². The monoisotopic (exact) mass is 326 g/mol. The van der Waals surface area contributed by atoms with Crippen LogP contribution in [0.1, 0.15) is 0 Å². The minimum absolute atomic E-state index is 0.221. The SMILES string of the molecule is Oc1ccc(-c2cn3nc(Nc4ccc(F)cc4)sc3n2)cc1. The Bertz CT molecular complexity index is 929. The third-order valence-corrected chi connectivity index (χ3v) is 4.14. The fourth-order valence-corrected chi connectivity index (χ4v) is 2.98. The van der Waals surface area contributed by atoms with Crippen LogP contribution in [0.3, 0.4) is 0 Å². The lowest BCUT2D eigenvalue weighted by atomic mass is 10.2. The summed E-state index contributed by atoms with van der Waals surface area (Å²) < 4.78 is 14.6. The molecule has 23 heavy (non-hydrogen) atoms. The van der Waals surface area contributed by atoms with E-state index in [0.717, 1.165) is 21.9 Å². The summed E-state index contributed by atoms with van der Waals surface area (Å²) in [5, 5.41) is 17.5. The summed E-state index contributed by atoms with van der Waals surface area (Å²) in [4.78, 5) is 5.27. The molecule has 0 saturated heterocycles. The molecule has 2 N–H and O–H groups in total. The first kappa shape index (κ1) is 13.7. The Hall–Kier alpha value is -2.93. The molecule has 0 aliphatic heterocycles. The van der Waals surface area contributed by atoms with Gasteiger partial charge in [-0.1, -0.05) is 11.3 Å². The van der Waals surface area contributed by atoms with E-state index < -0.39 is 0 Å². The van der Waals surface area contributed by atoms with Gasteiger partial charge in [0, 0.05) is 11.3 Å². The molecule has 0 aliphatic rings. The Balaban J connectivity index is 1.61. The third-order valence-electron chi connectivity index (χ3n) is 3.30. The summed E-state index contributed by atoms with van der Waals surface area (Å²) in [5.41, 5.74) is 2.47. The Labute approximate surface area is 134 Å². The Kier molecular flexibility index (Phi) is 3.20. The quantitative estimate of drug-likeness (QED) is 0.596. The number of aromatic hydroxyl groups is 1. The molecule has 0 radical (unpaired) electrons. The molecule has 2 aromatic heterocycles. The van der Waals surface area contributed by atoms with Crippen LogP contribution < -0.4 is 5.32 Å². The molecule has 7 heteroatoms. The van der Waals surface area contributed by atoms with E-state index in [2.05, 4.69) is 15.4 Å². The second-order valence-corrected chi connectivity index (χ2v) is 5.90. The van der Waals surface area contributed by atoms with E-state index in [-0.39, 0.29) is 11.6 Å². The van der Waals surface area contributed by atoms with E-state index in [0.29, 0.717) is 5.13 Å². The molecule has 2 heterocycles. The van der Waals surface area contributed by atoms with Crippen LogP contribution >= 0.6 is 11.3 Å². The van der Waals surface area contributed by atoms with E-state index in [4.69, 9.17) is 0 Å². The molecule has 2 aromatic carbocycles. The predicted octanol–water partition coefficient (Wildman–Crippen LogP) is 4.05. The van der Waals surface area contributed by atoms with Crippen LogP contribution in [0, 0.1) is 5.82 Å². The van der Waals surface area contributed by atoms with E-state index in [1.165, 1.54) is 23.5 Å². The van der Waals surface area contributed by atoms with Crippen LogP contribution in [0.5, 0.6) is 5.75 Å². The van der Waals surface area contributed by atoms with Gasteiger partial charge in [0.1, 0.15) is 11.6 Å². The summed E-state index contributed by atoms with van der Waals surface area (Å²) in [6.45, 7) is 0. The molecule has 0 atom stereocenters. The molecule has 0 spiro atoms. The molecule has 0 unspecified atom stereocenters. The maximum atomic E-state index is 12.9. The number of phenols is 1. The largest absolute Gasteiger partial charge is 0.508 e. The maximum Gasteiger partial charge on any atom is 0.214 e. The van der Waals surface area contributed by atoms with Crippen molar-refractivity contribution in [3.63, 3.8) is 0 Å². The Morgan fingerprint density at radius 2 is 1.78 bits per heavy atom. The van der Waals surface area contributed by atoms with Gasteiger partial charge in [0.25, 0.3) is 0 Å². The van der Waals surface area contributed by atoms with Crippen molar-refractivity contribution in [2.45, 2.75) is 0 Å². The first-order chi connectivity index (χ1) is 11.2. The number of hydrogen-bond donors (Lipinski definition) is 2. The van der Waals surface area contributed by atoms with Gasteiger partial charge in [0.05, 0.1) is 11.9 Å². The number of imidazole rings is 1. The van der Waals surface area contributed by atoms with Gasteiger partial charge in [-0.2, -0.15) is 0 Å². The van der Waals surface area contributed by atoms with Crippen LogP contribution in [0.25, 0.3) is 16.2 Å². The van der Waals surface area contributed by atoms with Crippen LogP contribution in [0.4, 0.5) is 15.2 Å². The minimum atomic E-state index is -0.275. The van der Waals surface area contributed by atoms with Crippen molar-refractivity contribution < 1.29 is 9.50 Å². The number of nitrogens with one attached hydrogen (secondary N) is 1. The molecule has 5 nitrogen and oxygen atoms in total. The van der Waals surface area contributed by atoms with E-state index in [9.17, 15) is 9.50 Å². The highest BCUT2D eigenvalue weighted by Crippen LogP contribution is 2.27. The number of anilines is 2. The number of rotatable bonds is 3. The Morgan fingerprint density at radius 1 is 1.04 bits per heavy atom. The van der Waals surface area contributed by atoms with Gasteiger partial charge in [-0.25, -0.2) is 13.9 Å². The number of fused-ring (bicyclic) bond motifs is 1. The molecule has 0 bridgehead atoms. The zero-order chi connectivity index (χ0) is 15.8. The number of phenolic OH excluding ortho intramolecular Hbond substituents is 1. The van der Waals surface area contributed by atoms with Crippen molar-refractivity contribution in [3.05, 3.63) is 60.5 Å². The third kappa shape index (κ3) is 2.74. The molecule has 114 valence electrons. The van der Waals surface area contributed by atoms with Gasteiger partial charge >= 0.3 is 0 Å². The highest BCUT2D eigenvalue weighted by Gasteiger charge is 2.10. The molecule has 0 amide bonds. The lowest BCUT2D eigenvalue weighted by molar-refractivity contribution is 0.475. The van der Waals surface area contributed by atoms with Crippen molar-refractivity contribution in [3.8, 4) is 17.0 Å². The highest BCUT2D eigenvalue weighted by atomic mass is 32.1. The fraction of sp³-hybridized carbons (Fsp3) is 0. The predicted molar refractivity (Wildman–Crippen MR) is 87.6 cm³/mol. The smallest absolute Gasteiger partial charge is 0.214 e. The molecular weight excluding hydrogens is 315 g/mol. The molecular formula is C16H11FN4OS. The normalized spacial score (nSPS) is 11.0. The summed E-state index contributed by atoms with van der Waals surface area (Å²) in [5.74, 6) is -0.0540. The van der Waals surface area contributed by atoms with E-state index in [1.54, 1.807) is 40.9 Å². The van der Waals surface area contributed by atoms with Crippen LogP contribution in [0.2, 0.25) is 0 Å². The summed E-state index contributed by atoms with van der Waals surface area (Å²) in [6.07, 6.45) is 1.83. The van der Waals surface area contributed by atoms with Gasteiger partial charge in [0.2, 0.25) is 10.1 Å². The Morgan fingerprint density at radius 3 is 2.48 bits per heavy atom. The first-order valence-electron chi connectivity index (χ1n) is 6.85. The molecule has 0 aliphatic carbocycles. The first-order valence-corrected chi connectivity index (χ1v) is 7.67. The van der Waals surface area contributed by atoms with Gasteiger partial charge < -0.3 is 10.4 Å². The summed E-state index contributed by atoms with van der Waals surface area (Å²) in [6, 6.07) is 12.9. The molecule has 4 aromatic rings. The van der Waals surface area contributed by atoms with Crippen molar-refractivity contribution in [2.24, 2.45) is 0 Å².